The van der Waals surface area contributed by atoms with E-state index >= 15 is 0 Å². The van der Waals surface area contributed by atoms with Gasteiger partial charge in [0.05, 0.1) is 39.2 Å². The lowest BCUT2D eigenvalue weighted by atomic mass is 10.1. The molecule has 37 heavy (non-hydrogen) atoms. The Morgan fingerprint density at radius 2 is 1.92 bits per heavy atom. The largest absolute Gasteiger partial charge is 0.493 e. The molecule has 2 heterocycles. The second-order valence-corrected chi connectivity index (χ2v) is 9.30. The van der Waals surface area contributed by atoms with Crippen molar-refractivity contribution >= 4 is 34.5 Å². The minimum Gasteiger partial charge on any atom is -0.493 e. The fraction of sp³-hybridized carbons (Fsp3) is 0.423. The van der Waals surface area contributed by atoms with Gasteiger partial charge in [-0.05, 0) is 42.8 Å². The molecule has 0 saturated carbocycles. The molecule has 4 rings (SSSR count). The average molecular weight is 529 g/mol. The van der Waals surface area contributed by atoms with E-state index in [-0.39, 0.29) is 5.24 Å². The highest BCUT2D eigenvalue weighted by Crippen LogP contribution is 2.30. The van der Waals surface area contributed by atoms with E-state index in [4.69, 9.17) is 18.9 Å². The van der Waals surface area contributed by atoms with Crippen molar-refractivity contribution in [3.8, 4) is 11.5 Å². The van der Waals surface area contributed by atoms with Crippen molar-refractivity contribution in [2.75, 3.05) is 64.2 Å². The number of amides is 2. The summed E-state index contributed by atoms with van der Waals surface area (Å²) >= 11 is 1.21. The van der Waals surface area contributed by atoms with Gasteiger partial charge in [0.15, 0.2) is 11.5 Å². The third kappa shape index (κ3) is 7.61. The molecule has 11 heteroatoms. The molecule has 1 N–H and O–H groups in total. The summed E-state index contributed by atoms with van der Waals surface area (Å²) in [5.41, 5.74) is 3.16. The summed E-state index contributed by atoms with van der Waals surface area (Å²) in [5.74, 6) is 1.77. The molecule has 2 aromatic rings. The molecule has 2 amide bonds. The van der Waals surface area contributed by atoms with Crippen LogP contribution in [0.1, 0.15) is 18.1 Å². The van der Waals surface area contributed by atoms with E-state index in [1.807, 2.05) is 37.3 Å². The van der Waals surface area contributed by atoms with Crippen LogP contribution in [-0.4, -0.2) is 85.9 Å². The molecule has 0 unspecified atom stereocenters. The Bertz CT molecular complexity index is 1100. The minimum atomic E-state index is -0.497. The molecule has 198 valence electrons. The molecule has 0 radical (unpaired) electrons. The van der Waals surface area contributed by atoms with Crippen LogP contribution in [0.4, 0.5) is 15.3 Å². The fourth-order valence-electron chi connectivity index (χ4n) is 3.90. The Kier molecular flexibility index (Phi) is 9.64. The van der Waals surface area contributed by atoms with E-state index in [0.717, 1.165) is 29.9 Å². The van der Waals surface area contributed by atoms with Gasteiger partial charge in [0, 0.05) is 36.6 Å². The van der Waals surface area contributed by atoms with Crippen LogP contribution in [0.25, 0.3) is 0 Å². The number of carbonyl (C=O) groups excluding carboxylic acids is 2. The number of carbonyl (C=O) groups is 2. The van der Waals surface area contributed by atoms with Crippen LogP contribution in [-0.2, 0) is 16.0 Å². The average Bonchev–Trinajstić information content (AvgIpc) is 2.92. The topological polar surface area (TPSA) is 102 Å². The first kappa shape index (κ1) is 26.8. The molecule has 1 saturated heterocycles. The van der Waals surface area contributed by atoms with Crippen LogP contribution in [0.3, 0.4) is 0 Å². The lowest BCUT2D eigenvalue weighted by Gasteiger charge is -2.26. The minimum absolute atomic E-state index is 0.117. The zero-order valence-electron chi connectivity index (χ0n) is 21.1. The van der Waals surface area contributed by atoms with Gasteiger partial charge in [-0.3, -0.25) is 15.0 Å². The van der Waals surface area contributed by atoms with Crippen LogP contribution < -0.4 is 14.8 Å². The van der Waals surface area contributed by atoms with Gasteiger partial charge in [-0.1, -0.05) is 23.9 Å². The SMILES string of the molecule is CCOc1cc(C2=NN(Cc3ccc(NC(=O)OCCN4CCOCC4)cc3)C(=O)SC2)ccc1OC. The number of morpholine rings is 1. The summed E-state index contributed by atoms with van der Waals surface area (Å²) in [7, 11) is 1.60. The van der Waals surface area contributed by atoms with Crippen molar-refractivity contribution in [3.63, 3.8) is 0 Å². The Morgan fingerprint density at radius 1 is 1.14 bits per heavy atom. The van der Waals surface area contributed by atoms with Crippen molar-refractivity contribution in [2.24, 2.45) is 5.10 Å². The van der Waals surface area contributed by atoms with Crippen LogP contribution >= 0.6 is 11.8 Å². The summed E-state index contributed by atoms with van der Waals surface area (Å²) in [5, 5.41) is 8.68. The van der Waals surface area contributed by atoms with Gasteiger partial charge in [0.2, 0.25) is 0 Å². The predicted octanol–water partition coefficient (Wildman–Crippen LogP) is 4.05. The molecule has 10 nitrogen and oxygen atoms in total. The second-order valence-electron chi connectivity index (χ2n) is 8.37. The maximum absolute atomic E-state index is 12.5. The van der Waals surface area contributed by atoms with Gasteiger partial charge in [-0.2, -0.15) is 5.10 Å². The van der Waals surface area contributed by atoms with Gasteiger partial charge >= 0.3 is 11.3 Å². The van der Waals surface area contributed by atoms with Crippen molar-refractivity contribution in [3.05, 3.63) is 53.6 Å². The predicted molar refractivity (Wildman–Crippen MR) is 143 cm³/mol. The number of ether oxygens (including phenoxy) is 4. The summed E-state index contributed by atoms with van der Waals surface area (Å²) < 4.78 is 21.6. The lowest BCUT2D eigenvalue weighted by molar-refractivity contribution is 0.0290. The number of anilines is 1. The van der Waals surface area contributed by atoms with Gasteiger partial charge in [0.1, 0.15) is 6.61 Å². The van der Waals surface area contributed by atoms with Crippen molar-refractivity contribution in [1.29, 1.82) is 0 Å². The number of nitrogens with one attached hydrogen (secondary N) is 1. The molecule has 0 aliphatic carbocycles. The Labute approximate surface area is 220 Å². The molecule has 1 fully saturated rings. The number of thioether (sulfide) groups is 1. The van der Waals surface area contributed by atoms with Gasteiger partial charge < -0.3 is 18.9 Å². The van der Waals surface area contributed by atoms with Gasteiger partial charge in [-0.15, -0.1) is 0 Å². The summed E-state index contributed by atoms with van der Waals surface area (Å²) in [6, 6.07) is 12.9. The quantitative estimate of drug-likeness (QED) is 0.493. The van der Waals surface area contributed by atoms with E-state index in [1.54, 1.807) is 19.2 Å². The molecule has 2 aromatic carbocycles. The number of methoxy groups -OCH3 is 1. The molecule has 0 atom stereocenters. The highest BCUT2D eigenvalue weighted by atomic mass is 32.2. The highest BCUT2D eigenvalue weighted by Gasteiger charge is 2.23. The Hall–Kier alpha value is -3.28. The summed E-state index contributed by atoms with van der Waals surface area (Å²) in [6.45, 7) is 6.87. The molecule has 0 spiro atoms. The van der Waals surface area contributed by atoms with Gasteiger partial charge in [-0.25, -0.2) is 9.80 Å². The number of hydrogen-bond donors (Lipinski definition) is 1. The molecule has 0 aromatic heterocycles. The van der Waals surface area contributed by atoms with E-state index in [0.29, 0.717) is 62.5 Å². The third-order valence-corrected chi connectivity index (χ3v) is 6.73. The van der Waals surface area contributed by atoms with Crippen LogP contribution in [0.2, 0.25) is 0 Å². The van der Waals surface area contributed by atoms with E-state index in [1.165, 1.54) is 16.8 Å². The maximum atomic E-state index is 12.5. The Morgan fingerprint density at radius 3 is 2.65 bits per heavy atom. The zero-order chi connectivity index (χ0) is 26.0. The third-order valence-electron chi connectivity index (χ3n) is 5.86. The van der Waals surface area contributed by atoms with E-state index in [2.05, 4.69) is 15.3 Å². The molecule has 2 aliphatic heterocycles. The van der Waals surface area contributed by atoms with Crippen molar-refractivity contribution < 1.29 is 28.5 Å². The monoisotopic (exact) mass is 528 g/mol. The first-order valence-corrected chi connectivity index (χ1v) is 13.2. The molecule has 0 bridgehead atoms. The zero-order valence-corrected chi connectivity index (χ0v) is 21.9. The molecule has 2 aliphatic rings. The van der Waals surface area contributed by atoms with Crippen molar-refractivity contribution in [2.45, 2.75) is 13.5 Å². The molecular formula is C26H32N4O6S. The second kappa shape index (κ2) is 13.3. The normalized spacial score (nSPS) is 16.2. The van der Waals surface area contributed by atoms with Crippen LogP contribution in [0.15, 0.2) is 47.6 Å². The smallest absolute Gasteiger partial charge is 0.411 e. The maximum Gasteiger partial charge on any atom is 0.411 e. The number of rotatable bonds is 10. The van der Waals surface area contributed by atoms with E-state index < -0.39 is 6.09 Å². The number of nitrogens with zero attached hydrogens (tertiary/aromatic N) is 3. The van der Waals surface area contributed by atoms with E-state index in [9.17, 15) is 9.59 Å². The summed E-state index contributed by atoms with van der Waals surface area (Å²) in [6.07, 6.45) is -0.497. The Balaban J connectivity index is 1.32. The van der Waals surface area contributed by atoms with Crippen LogP contribution in [0.5, 0.6) is 11.5 Å². The van der Waals surface area contributed by atoms with Crippen molar-refractivity contribution in [1.82, 2.24) is 9.91 Å². The molecular weight excluding hydrogens is 496 g/mol. The van der Waals surface area contributed by atoms with Gasteiger partial charge in [0.25, 0.3) is 0 Å². The standard InChI is InChI=1S/C26H32N4O6S/c1-3-35-24-16-20(6-9-23(24)33-2)22-18-37-26(32)30(28-22)17-19-4-7-21(8-5-19)27-25(31)36-15-12-29-10-13-34-14-11-29/h4-9,16H,3,10-15,17-18H2,1-2H3,(H,27,31). The highest BCUT2D eigenvalue weighted by molar-refractivity contribution is 8.14. The number of hydrogen-bond acceptors (Lipinski definition) is 9. The van der Waals surface area contributed by atoms with Crippen LogP contribution in [0, 0.1) is 0 Å². The first-order chi connectivity index (χ1) is 18.1. The summed E-state index contributed by atoms with van der Waals surface area (Å²) in [4.78, 5) is 26.8. The number of hydrazone groups is 1. The fourth-order valence-corrected chi connectivity index (χ4v) is 4.64. The first-order valence-electron chi connectivity index (χ1n) is 12.2. The number of benzene rings is 2. The lowest BCUT2D eigenvalue weighted by Crippen LogP contribution is -2.38.